The van der Waals surface area contributed by atoms with Crippen molar-refractivity contribution in [3.05, 3.63) is 94.9 Å². The molecule has 5 rings (SSSR count). The van der Waals surface area contributed by atoms with Gasteiger partial charge in [-0.3, -0.25) is 0 Å². The number of nitrogens with zero attached hydrogens (tertiary/aromatic N) is 2. The van der Waals surface area contributed by atoms with Crippen molar-refractivity contribution < 1.29 is 13.9 Å². The fourth-order valence-corrected chi connectivity index (χ4v) is 4.13. The first-order valence-corrected chi connectivity index (χ1v) is 10.2. The summed E-state index contributed by atoms with van der Waals surface area (Å²) in [5.41, 5.74) is 3.20. The quantitative estimate of drug-likeness (QED) is 0.457. The van der Waals surface area contributed by atoms with Crippen LogP contribution < -0.4 is 9.47 Å². The van der Waals surface area contributed by atoms with Crippen LogP contribution in [-0.4, -0.2) is 17.3 Å². The van der Waals surface area contributed by atoms with E-state index in [0.29, 0.717) is 6.61 Å². The maximum absolute atomic E-state index is 6.27. The van der Waals surface area contributed by atoms with E-state index < -0.39 is 6.23 Å². The van der Waals surface area contributed by atoms with Crippen LogP contribution in [0.25, 0.3) is 0 Å². The number of rotatable bonds is 5. The summed E-state index contributed by atoms with van der Waals surface area (Å²) in [4.78, 5) is 0. The van der Waals surface area contributed by atoms with Gasteiger partial charge < -0.3 is 13.9 Å². The third-order valence-corrected chi connectivity index (χ3v) is 5.59. The maximum atomic E-state index is 6.27. The summed E-state index contributed by atoms with van der Waals surface area (Å²) >= 11 is 3.58. The van der Waals surface area contributed by atoms with E-state index in [1.165, 1.54) is 0 Å². The smallest absolute Gasteiger partial charge is 0.246 e. The highest BCUT2D eigenvalue weighted by molar-refractivity contribution is 9.10. The number of hydrogen-bond acceptors (Lipinski definition) is 5. The zero-order chi connectivity index (χ0) is 19.8. The molecule has 1 aromatic heterocycles. The Kier molecular flexibility index (Phi) is 4.64. The van der Waals surface area contributed by atoms with Gasteiger partial charge in [-0.2, -0.15) is 5.10 Å². The van der Waals surface area contributed by atoms with Crippen molar-refractivity contribution in [2.24, 2.45) is 5.10 Å². The molecule has 0 saturated carbocycles. The Morgan fingerprint density at radius 3 is 2.83 bits per heavy atom. The van der Waals surface area contributed by atoms with E-state index in [1.807, 2.05) is 53.5 Å². The van der Waals surface area contributed by atoms with Crippen molar-refractivity contribution >= 4 is 21.6 Å². The molecule has 2 aliphatic heterocycles. The average Bonchev–Trinajstić information content (AvgIpc) is 3.42. The molecule has 2 aliphatic rings. The standard InChI is InChI=1S/C23H19BrN2O3/c1-2-11-27-17-8-5-15(6-9-17)19-14-20-18-13-16(24)7-10-21(18)29-23(26(20)25-19)22-4-3-12-28-22/h2-10,12-13,20,23H,1,11,14H2/t20-,23-/m0/s1. The fourth-order valence-electron chi connectivity index (χ4n) is 3.75. The third kappa shape index (κ3) is 3.34. The molecule has 146 valence electrons. The SMILES string of the molecule is C=CCOc1ccc(C2=NN3[C@@H](C2)c2cc(Br)ccc2O[C@H]3c2ccco2)cc1. The van der Waals surface area contributed by atoms with Crippen molar-refractivity contribution in [3.63, 3.8) is 0 Å². The van der Waals surface area contributed by atoms with Gasteiger partial charge >= 0.3 is 0 Å². The normalized spacial score (nSPS) is 19.8. The Bertz CT molecular complexity index is 1060. The predicted octanol–water partition coefficient (Wildman–Crippen LogP) is 5.85. The molecule has 0 amide bonds. The van der Waals surface area contributed by atoms with Gasteiger partial charge in [-0.15, -0.1) is 0 Å². The van der Waals surface area contributed by atoms with Crippen LogP contribution in [0.3, 0.4) is 0 Å². The lowest BCUT2D eigenvalue weighted by Crippen LogP contribution is -2.33. The van der Waals surface area contributed by atoms with Crippen LogP contribution in [0.15, 0.2) is 87.5 Å². The summed E-state index contributed by atoms with van der Waals surface area (Å²) in [5, 5.41) is 6.94. The number of fused-ring (bicyclic) bond motifs is 3. The molecule has 0 fully saturated rings. The van der Waals surface area contributed by atoms with Gasteiger partial charge in [0.15, 0.2) is 5.76 Å². The highest BCUT2D eigenvalue weighted by Gasteiger charge is 2.42. The zero-order valence-corrected chi connectivity index (χ0v) is 17.2. The summed E-state index contributed by atoms with van der Waals surface area (Å²) in [6.07, 6.45) is 3.79. The largest absolute Gasteiger partial charge is 0.490 e. The topological polar surface area (TPSA) is 47.2 Å². The summed E-state index contributed by atoms with van der Waals surface area (Å²) in [7, 11) is 0. The first-order valence-electron chi connectivity index (χ1n) is 9.42. The molecule has 6 heteroatoms. The summed E-state index contributed by atoms with van der Waals surface area (Å²) < 4.78 is 18.5. The Balaban J connectivity index is 1.50. The van der Waals surface area contributed by atoms with Gasteiger partial charge in [-0.1, -0.05) is 28.6 Å². The molecule has 0 aliphatic carbocycles. The zero-order valence-electron chi connectivity index (χ0n) is 15.6. The first-order chi connectivity index (χ1) is 14.2. The lowest BCUT2D eigenvalue weighted by Gasteiger charge is -2.37. The van der Waals surface area contributed by atoms with Crippen LogP contribution in [0.2, 0.25) is 0 Å². The van der Waals surface area contributed by atoms with Crippen molar-refractivity contribution in [2.45, 2.75) is 18.7 Å². The molecule has 3 aromatic rings. The van der Waals surface area contributed by atoms with Crippen LogP contribution in [0.4, 0.5) is 0 Å². The Hall–Kier alpha value is -2.99. The lowest BCUT2D eigenvalue weighted by molar-refractivity contribution is -0.0325. The second-order valence-electron chi connectivity index (χ2n) is 6.94. The van der Waals surface area contributed by atoms with Gasteiger partial charge in [0.1, 0.15) is 18.1 Å². The first kappa shape index (κ1) is 18.1. The molecule has 2 aromatic carbocycles. The van der Waals surface area contributed by atoms with Gasteiger partial charge in [0, 0.05) is 16.5 Å². The maximum Gasteiger partial charge on any atom is 0.246 e. The lowest BCUT2D eigenvalue weighted by atomic mass is 9.96. The summed E-state index contributed by atoms with van der Waals surface area (Å²) in [6, 6.07) is 18.0. The molecule has 5 nitrogen and oxygen atoms in total. The molecular formula is C23H19BrN2O3. The van der Waals surface area contributed by atoms with Gasteiger partial charge in [0.05, 0.1) is 18.0 Å². The Morgan fingerprint density at radius 2 is 2.07 bits per heavy atom. The van der Waals surface area contributed by atoms with Crippen LogP contribution in [-0.2, 0) is 0 Å². The number of hydrazone groups is 1. The molecule has 2 atom stereocenters. The van der Waals surface area contributed by atoms with Gasteiger partial charge in [0.25, 0.3) is 0 Å². The minimum atomic E-state index is -0.392. The van der Waals surface area contributed by atoms with Crippen molar-refractivity contribution in [1.82, 2.24) is 5.01 Å². The minimum Gasteiger partial charge on any atom is -0.490 e. The molecule has 0 radical (unpaired) electrons. The van der Waals surface area contributed by atoms with Crippen molar-refractivity contribution in [2.75, 3.05) is 6.61 Å². The van der Waals surface area contributed by atoms with Crippen molar-refractivity contribution in [1.29, 1.82) is 0 Å². The molecular weight excluding hydrogens is 432 g/mol. The van der Waals surface area contributed by atoms with E-state index in [-0.39, 0.29) is 6.04 Å². The predicted molar refractivity (Wildman–Crippen MR) is 114 cm³/mol. The number of benzene rings is 2. The van der Waals surface area contributed by atoms with Crippen LogP contribution in [0.1, 0.15) is 35.6 Å². The highest BCUT2D eigenvalue weighted by Crippen LogP contribution is 2.48. The van der Waals surface area contributed by atoms with Gasteiger partial charge in [-0.05, 0) is 60.2 Å². The molecule has 0 unspecified atom stereocenters. The fraction of sp³-hybridized carbons (Fsp3) is 0.174. The number of halogens is 1. The Morgan fingerprint density at radius 1 is 1.21 bits per heavy atom. The van der Waals surface area contributed by atoms with Crippen LogP contribution in [0, 0.1) is 0 Å². The van der Waals surface area contributed by atoms with Crippen LogP contribution in [0.5, 0.6) is 11.5 Å². The molecule has 0 saturated heterocycles. The molecule has 0 spiro atoms. The summed E-state index contributed by atoms with van der Waals surface area (Å²) in [6.45, 7) is 4.17. The number of furan rings is 1. The second-order valence-corrected chi connectivity index (χ2v) is 7.85. The van der Waals surface area contributed by atoms with Gasteiger partial charge in [0.2, 0.25) is 6.23 Å². The van der Waals surface area contributed by atoms with E-state index in [4.69, 9.17) is 19.0 Å². The monoisotopic (exact) mass is 450 g/mol. The van der Waals surface area contributed by atoms with E-state index in [0.717, 1.165) is 45.0 Å². The highest BCUT2D eigenvalue weighted by atomic mass is 79.9. The van der Waals surface area contributed by atoms with E-state index >= 15 is 0 Å². The number of hydrogen-bond donors (Lipinski definition) is 0. The molecule has 0 N–H and O–H groups in total. The second kappa shape index (κ2) is 7.44. The van der Waals surface area contributed by atoms with E-state index in [1.54, 1.807) is 12.3 Å². The summed E-state index contributed by atoms with van der Waals surface area (Å²) in [5.74, 6) is 2.42. The Labute approximate surface area is 177 Å². The third-order valence-electron chi connectivity index (χ3n) is 5.09. The molecule has 29 heavy (non-hydrogen) atoms. The number of ether oxygens (including phenoxy) is 2. The van der Waals surface area contributed by atoms with Crippen molar-refractivity contribution in [3.8, 4) is 11.5 Å². The van der Waals surface area contributed by atoms with Gasteiger partial charge in [-0.25, -0.2) is 5.01 Å². The minimum absolute atomic E-state index is 0.0815. The molecule has 0 bridgehead atoms. The average molecular weight is 451 g/mol. The van der Waals surface area contributed by atoms with E-state index in [2.05, 4.69) is 28.6 Å². The molecule has 3 heterocycles. The van der Waals surface area contributed by atoms with E-state index in [9.17, 15) is 0 Å². The van der Waals surface area contributed by atoms with Crippen LogP contribution >= 0.6 is 15.9 Å².